The number of halogens is 1. The molecular formula is C27H31ClN3O12P. The maximum Gasteiger partial charge on any atom is 0.530 e. The molecule has 2 aliphatic rings. The highest BCUT2D eigenvalue weighted by Crippen LogP contribution is 2.54. The minimum Gasteiger partial charge on any atom is -0.463 e. The largest absolute Gasteiger partial charge is 0.530 e. The molecule has 4 rings (SSSR count). The highest BCUT2D eigenvalue weighted by Gasteiger charge is 2.53. The molecule has 0 radical (unpaired) electrons. The lowest BCUT2D eigenvalue weighted by Gasteiger charge is -2.29. The second-order valence-electron chi connectivity index (χ2n) is 9.79. The van der Waals surface area contributed by atoms with E-state index in [2.05, 4.69) is 4.98 Å². The maximum atomic E-state index is 14.1. The number of esters is 1. The van der Waals surface area contributed by atoms with E-state index >= 15 is 0 Å². The average molecular weight is 656 g/mol. The Hall–Kier alpha value is -3.35. The van der Waals surface area contributed by atoms with Crippen LogP contribution in [0.2, 0.25) is 5.02 Å². The Morgan fingerprint density at radius 3 is 2.68 bits per heavy atom. The van der Waals surface area contributed by atoms with Crippen molar-refractivity contribution >= 4 is 31.2 Å². The van der Waals surface area contributed by atoms with Crippen molar-refractivity contribution in [2.24, 2.45) is 0 Å². The van der Waals surface area contributed by atoms with Gasteiger partial charge >= 0.3 is 19.5 Å². The highest BCUT2D eigenvalue weighted by atomic mass is 35.5. The number of aromatic amines is 1. The zero-order valence-electron chi connectivity index (χ0n) is 23.6. The molecule has 17 heteroatoms. The van der Waals surface area contributed by atoms with Gasteiger partial charge in [-0.25, -0.2) is 9.36 Å². The number of nitrogens with zero attached hydrogens (tertiary/aromatic N) is 2. The summed E-state index contributed by atoms with van der Waals surface area (Å²) in [6.45, 7) is 0.900. The van der Waals surface area contributed by atoms with Crippen LogP contribution >= 0.6 is 19.4 Å². The molecule has 0 amide bonds. The standard InChI is InChI=1S/C27H31ClN3O12P/c1-17(32)9-10-22(34)38-16-20-24(43-44(36,39-15-5-12-29)42-19-7-3-2-6-18(19)28)25(41-23-8-4-14-37-23)26(40-20)31-13-11-21(33)30-27(31)35/h2-3,6-7,11,13,20,23-26H,4-5,8-10,14-16H2,1H3,(H,30,33,35)/t20-,23?,24-,25-,26-,44?/m1/s1. The molecule has 6 atom stereocenters. The summed E-state index contributed by atoms with van der Waals surface area (Å²) in [7, 11) is -4.64. The number of para-hydroxylation sites is 1. The topological polar surface area (TPSA) is 194 Å². The van der Waals surface area contributed by atoms with Gasteiger partial charge < -0.3 is 28.3 Å². The van der Waals surface area contributed by atoms with Crippen molar-refractivity contribution in [1.82, 2.24) is 9.55 Å². The zero-order valence-corrected chi connectivity index (χ0v) is 25.3. The number of phosphoric ester groups is 1. The summed E-state index contributed by atoms with van der Waals surface area (Å²) in [6, 6.07) is 9.07. The Labute approximate surface area is 256 Å². The third kappa shape index (κ3) is 9.09. The van der Waals surface area contributed by atoms with Gasteiger partial charge in [-0.2, -0.15) is 5.26 Å². The lowest BCUT2D eigenvalue weighted by atomic mass is 10.1. The van der Waals surface area contributed by atoms with Gasteiger partial charge in [0.1, 0.15) is 36.5 Å². The Kier molecular flexibility index (Phi) is 11.9. The third-order valence-corrected chi connectivity index (χ3v) is 8.19. The summed E-state index contributed by atoms with van der Waals surface area (Å²) in [5.41, 5.74) is -1.50. The van der Waals surface area contributed by atoms with E-state index in [0.717, 1.165) is 10.6 Å². The van der Waals surface area contributed by atoms with Crippen LogP contribution in [0.4, 0.5) is 0 Å². The van der Waals surface area contributed by atoms with Gasteiger partial charge in [-0.1, -0.05) is 23.7 Å². The van der Waals surface area contributed by atoms with Crippen LogP contribution in [-0.4, -0.2) is 65.7 Å². The molecule has 44 heavy (non-hydrogen) atoms. The summed E-state index contributed by atoms with van der Waals surface area (Å²) in [5, 5.41) is 9.11. The molecule has 1 aromatic heterocycles. The van der Waals surface area contributed by atoms with E-state index in [9.17, 15) is 23.7 Å². The van der Waals surface area contributed by atoms with E-state index in [1.807, 2.05) is 6.07 Å². The van der Waals surface area contributed by atoms with Gasteiger partial charge in [0, 0.05) is 31.7 Å². The Morgan fingerprint density at radius 1 is 1.20 bits per heavy atom. The third-order valence-electron chi connectivity index (χ3n) is 6.46. The number of Topliss-reactive ketones (excluding diaryl/α,β-unsaturated/α-hetero) is 1. The molecule has 2 aromatic rings. The molecule has 15 nitrogen and oxygen atoms in total. The first kappa shape index (κ1) is 33.5. The Balaban J connectivity index is 1.71. The molecule has 2 saturated heterocycles. The van der Waals surface area contributed by atoms with E-state index < -0.39 is 62.5 Å². The lowest BCUT2D eigenvalue weighted by Crippen LogP contribution is -2.42. The molecule has 1 N–H and O–H groups in total. The number of phosphoric acid groups is 1. The molecule has 2 unspecified atom stereocenters. The van der Waals surface area contributed by atoms with E-state index in [0.29, 0.717) is 19.4 Å². The van der Waals surface area contributed by atoms with E-state index in [-0.39, 0.29) is 42.4 Å². The minimum atomic E-state index is -4.64. The van der Waals surface area contributed by atoms with Gasteiger partial charge in [-0.3, -0.25) is 28.2 Å². The van der Waals surface area contributed by atoms with Gasteiger partial charge in [0.05, 0.1) is 30.5 Å². The monoisotopic (exact) mass is 655 g/mol. The van der Waals surface area contributed by atoms with Crippen LogP contribution in [0.15, 0.2) is 46.1 Å². The zero-order chi connectivity index (χ0) is 31.7. The molecule has 238 valence electrons. The number of nitriles is 1. The number of benzene rings is 1. The van der Waals surface area contributed by atoms with Crippen molar-refractivity contribution in [2.45, 2.75) is 69.9 Å². The van der Waals surface area contributed by atoms with Crippen LogP contribution < -0.4 is 15.8 Å². The number of carbonyl (C=O) groups is 2. The van der Waals surface area contributed by atoms with Crippen molar-refractivity contribution in [1.29, 1.82) is 5.26 Å². The molecule has 3 heterocycles. The lowest BCUT2D eigenvalue weighted by molar-refractivity contribution is -0.181. The quantitative estimate of drug-likeness (QED) is 0.167. The van der Waals surface area contributed by atoms with Crippen molar-refractivity contribution < 1.29 is 46.7 Å². The van der Waals surface area contributed by atoms with Crippen LogP contribution in [0.5, 0.6) is 5.75 Å². The molecule has 0 bridgehead atoms. The van der Waals surface area contributed by atoms with Crippen molar-refractivity contribution in [2.75, 3.05) is 19.8 Å². The maximum absolute atomic E-state index is 14.1. The first-order valence-electron chi connectivity index (χ1n) is 13.7. The van der Waals surface area contributed by atoms with Crippen LogP contribution in [-0.2, 0) is 42.1 Å². The van der Waals surface area contributed by atoms with Gasteiger partial charge in [0.15, 0.2) is 12.5 Å². The van der Waals surface area contributed by atoms with Crippen LogP contribution in [0, 0.1) is 11.3 Å². The van der Waals surface area contributed by atoms with Crippen molar-refractivity contribution in [3.63, 3.8) is 0 Å². The summed E-state index contributed by atoms with van der Waals surface area (Å²) in [6.07, 6.45) is -4.04. The van der Waals surface area contributed by atoms with E-state index in [4.69, 9.17) is 49.4 Å². The fourth-order valence-corrected chi connectivity index (χ4v) is 6.05. The molecule has 0 saturated carbocycles. The van der Waals surface area contributed by atoms with Gasteiger partial charge in [0.25, 0.3) is 5.56 Å². The van der Waals surface area contributed by atoms with Gasteiger partial charge in [-0.15, -0.1) is 0 Å². The normalized spacial score (nSPS) is 24.3. The molecule has 0 spiro atoms. The SMILES string of the molecule is CC(=O)CCC(=O)OC[C@H]1O[C@@H](n2ccc(=O)[nH]c2=O)[C@H](OC2CCCO2)[C@@H]1OP(=O)(OCCC#N)Oc1ccccc1Cl. The molecular weight excluding hydrogens is 625 g/mol. The molecule has 2 aliphatic heterocycles. The van der Waals surface area contributed by atoms with Crippen molar-refractivity contribution in [3.8, 4) is 11.8 Å². The van der Waals surface area contributed by atoms with Crippen LogP contribution in [0.1, 0.15) is 45.3 Å². The number of nitrogens with one attached hydrogen (secondary N) is 1. The first-order chi connectivity index (χ1) is 21.1. The second-order valence-corrected chi connectivity index (χ2v) is 11.7. The summed E-state index contributed by atoms with van der Waals surface area (Å²) in [5.74, 6) is -0.981. The number of hydrogen-bond acceptors (Lipinski definition) is 13. The number of aromatic nitrogens is 2. The van der Waals surface area contributed by atoms with E-state index in [1.165, 1.54) is 25.3 Å². The number of carbonyl (C=O) groups excluding carboxylic acids is 2. The highest BCUT2D eigenvalue weighted by molar-refractivity contribution is 7.49. The molecule has 2 fully saturated rings. The van der Waals surface area contributed by atoms with Crippen LogP contribution in [0.25, 0.3) is 0 Å². The number of ether oxygens (including phenoxy) is 4. The number of H-pyrrole nitrogens is 1. The van der Waals surface area contributed by atoms with E-state index in [1.54, 1.807) is 12.1 Å². The van der Waals surface area contributed by atoms with Gasteiger partial charge in [0.2, 0.25) is 0 Å². The summed E-state index contributed by atoms with van der Waals surface area (Å²) in [4.78, 5) is 50.4. The average Bonchev–Trinajstić information content (AvgIpc) is 3.61. The number of rotatable bonds is 15. The summed E-state index contributed by atoms with van der Waals surface area (Å²) < 4.78 is 55.5. The fraction of sp³-hybridized carbons (Fsp3) is 0.519. The van der Waals surface area contributed by atoms with Crippen molar-refractivity contribution in [3.05, 3.63) is 62.4 Å². The minimum absolute atomic E-state index is 0.0436. The number of ketones is 1. The molecule has 1 aromatic carbocycles. The second kappa shape index (κ2) is 15.6. The Morgan fingerprint density at radius 2 is 2.00 bits per heavy atom. The van der Waals surface area contributed by atoms with Gasteiger partial charge in [-0.05, 0) is 25.5 Å². The predicted molar refractivity (Wildman–Crippen MR) is 151 cm³/mol. The molecule has 0 aliphatic carbocycles. The first-order valence-corrected chi connectivity index (χ1v) is 15.6. The fourth-order valence-electron chi connectivity index (χ4n) is 4.39. The summed E-state index contributed by atoms with van der Waals surface area (Å²) >= 11 is 6.22. The smallest absolute Gasteiger partial charge is 0.463 e. The predicted octanol–water partition coefficient (Wildman–Crippen LogP) is 3.02. The number of hydrogen-bond donors (Lipinski definition) is 1. The van der Waals surface area contributed by atoms with Crippen LogP contribution in [0.3, 0.4) is 0 Å². The Bertz CT molecular complexity index is 1520.